The molecule has 1 unspecified atom stereocenters. The van der Waals surface area contributed by atoms with Crippen molar-refractivity contribution in [2.24, 2.45) is 0 Å². The fraction of sp³-hybridized carbons (Fsp3) is 0.278. The first kappa shape index (κ1) is 17.0. The maximum absolute atomic E-state index is 13.7. The van der Waals surface area contributed by atoms with Crippen molar-refractivity contribution in [1.29, 1.82) is 0 Å². The summed E-state index contributed by atoms with van der Waals surface area (Å²) in [7, 11) is 3.34. The summed E-state index contributed by atoms with van der Waals surface area (Å²) in [5.74, 6) is -0.225. The van der Waals surface area contributed by atoms with Gasteiger partial charge in [-0.3, -0.25) is 4.79 Å². The third-order valence-corrected chi connectivity index (χ3v) is 3.60. The number of amides is 1. The molecule has 2 aromatic carbocycles. The van der Waals surface area contributed by atoms with Crippen molar-refractivity contribution in [2.75, 3.05) is 26.0 Å². The average molecular weight is 317 g/mol. The Morgan fingerprint density at radius 3 is 2.65 bits per heavy atom. The third kappa shape index (κ3) is 4.79. The van der Waals surface area contributed by atoms with E-state index in [-0.39, 0.29) is 17.5 Å². The monoisotopic (exact) mass is 317 g/mol. The zero-order valence-electron chi connectivity index (χ0n) is 13.7. The van der Waals surface area contributed by atoms with Crippen LogP contribution in [0.15, 0.2) is 42.5 Å². The fourth-order valence-electron chi connectivity index (χ4n) is 2.41. The fourth-order valence-corrected chi connectivity index (χ4v) is 2.41. The molecule has 0 spiro atoms. The van der Waals surface area contributed by atoms with Crippen LogP contribution in [-0.2, 0) is 11.3 Å². The van der Waals surface area contributed by atoms with Gasteiger partial charge in [0.05, 0.1) is 14.2 Å². The van der Waals surface area contributed by atoms with Gasteiger partial charge in [-0.1, -0.05) is 18.2 Å². The Labute approximate surface area is 135 Å². The molecule has 0 saturated heterocycles. The Kier molecular flexibility index (Phi) is 5.71. The Balaban J connectivity index is 1.91. The number of rotatable bonds is 6. The van der Waals surface area contributed by atoms with Gasteiger partial charge in [0, 0.05) is 11.3 Å². The molecule has 122 valence electrons. The first-order valence-corrected chi connectivity index (χ1v) is 7.49. The Morgan fingerprint density at radius 1 is 1.26 bits per heavy atom. The highest BCUT2D eigenvalue weighted by atomic mass is 19.1. The molecule has 2 aromatic rings. The van der Waals surface area contributed by atoms with Crippen molar-refractivity contribution in [3.63, 3.8) is 0 Å². The summed E-state index contributed by atoms with van der Waals surface area (Å²) in [6.07, 6.45) is 0. The second-order valence-electron chi connectivity index (χ2n) is 5.64. The third-order valence-electron chi connectivity index (χ3n) is 3.60. The summed E-state index contributed by atoms with van der Waals surface area (Å²) in [6.45, 7) is 2.82. The standard InChI is InChI=1S/C18H21FN2O2/c1-13-6-4-5-7-16(13)20-18(22)12-21(2)11-14-8-9-17(23-3)15(19)10-14/h4-10H,11-12H2,1-3H3,(H,20,22)/p+1. The van der Waals surface area contributed by atoms with Crippen LogP contribution in [0.5, 0.6) is 5.75 Å². The number of hydrogen-bond acceptors (Lipinski definition) is 2. The second-order valence-corrected chi connectivity index (χ2v) is 5.64. The molecular formula is C18H22FN2O2+. The zero-order valence-corrected chi connectivity index (χ0v) is 13.7. The van der Waals surface area contributed by atoms with Crippen molar-refractivity contribution in [3.8, 4) is 5.75 Å². The predicted octanol–water partition coefficient (Wildman–Crippen LogP) is 1.80. The van der Waals surface area contributed by atoms with Crippen molar-refractivity contribution in [2.45, 2.75) is 13.5 Å². The molecule has 2 rings (SSSR count). The molecule has 2 N–H and O–H groups in total. The molecule has 1 atom stereocenters. The van der Waals surface area contributed by atoms with E-state index in [1.54, 1.807) is 6.07 Å². The van der Waals surface area contributed by atoms with Gasteiger partial charge in [-0.2, -0.15) is 0 Å². The molecule has 0 fully saturated rings. The number of likely N-dealkylation sites (N-methyl/N-ethyl adjacent to an activating group) is 1. The van der Waals surface area contributed by atoms with Crippen molar-refractivity contribution >= 4 is 11.6 Å². The maximum Gasteiger partial charge on any atom is 0.279 e. The minimum atomic E-state index is -0.387. The van der Waals surface area contributed by atoms with Crippen LogP contribution in [0, 0.1) is 12.7 Å². The van der Waals surface area contributed by atoms with E-state index >= 15 is 0 Å². The average Bonchev–Trinajstić information content (AvgIpc) is 2.49. The molecular weight excluding hydrogens is 295 g/mol. The predicted molar refractivity (Wildman–Crippen MR) is 88.2 cm³/mol. The van der Waals surface area contributed by atoms with Gasteiger partial charge in [-0.05, 0) is 36.8 Å². The zero-order chi connectivity index (χ0) is 16.8. The van der Waals surface area contributed by atoms with E-state index in [2.05, 4.69) is 5.32 Å². The normalized spacial score (nSPS) is 11.8. The number of para-hydroxylation sites is 1. The lowest BCUT2D eigenvalue weighted by Gasteiger charge is -2.15. The highest BCUT2D eigenvalue weighted by Gasteiger charge is 2.13. The van der Waals surface area contributed by atoms with Gasteiger partial charge >= 0.3 is 0 Å². The lowest BCUT2D eigenvalue weighted by atomic mass is 10.2. The van der Waals surface area contributed by atoms with Gasteiger partial charge in [0.25, 0.3) is 5.91 Å². The molecule has 0 saturated carbocycles. The van der Waals surface area contributed by atoms with E-state index in [9.17, 15) is 9.18 Å². The van der Waals surface area contributed by atoms with Crippen LogP contribution in [0.4, 0.5) is 10.1 Å². The topological polar surface area (TPSA) is 42.8 Å². The molecule has 0 aromatic heterocycles. The van der Waals surface area contributed by atoms with Crippen LogP contribution in [0.1, 0.15) is 11.1 Å². The highest BCUT2D eigenvalue weighted by Crippen LogP contribution is 2.17. The van der Waals surface area contributed by atoms with Gasteiger partial charge in [0.1, 0.15) is 6.54 Å². The first-order chi connectivity index (χ1) is 11.0. The highest BCUT2D eigenvalue weighted by molar-refractivity contribution is 5.92. The molecule has 0 aliphatic rings. The molecule has 0 heterocycles. The summed E-state index contributed by atoms with van der Waals surface area (Å²) in [5.41, 5.74) is 2.67. The van der Waals surface area contributed by atoms with Crippen molar-refractivity contribution in [1.82, 2.24) is 0 Å². The first-order valence-electron chi connectivity index (χ1n) is 7.49. The van der Waals surface area contributed by atoms with Crippen molar-refractivity contribution < 1.29 is 18.8 Å². The van der Waals surface area contributed by atoms with Crippen LogP contribution in [0.3, 0.4) is 0 Å². The number of carbonyl (C=O) groups is 1. The van der Waals surface area contributed by atoms with E-state index in [1.165, 1.54) is 13.2 Å². The van der Waals surface area contributed by atoms with Crippen LogP contribution < -0.4 is 15.0 Å². The Bertz CT molecular complexity index is 688. The summed E-state index contributed by atoms with van der Waals surface area (Å²) in [5, 5.41) is 2.90. The largest absolute Gasteiger partial charge is 0.494 e. The number of benzene rings is 2. The van der Waals surface area contributed by atoms with Gasteiger partial charge in [0.2, 0.25) is 0 Å². The number of methoxy groups -OCH3 is 1. The van der Waals surface area contributed by atoms with E-state index in [0.717, 1.165) is 21.7 Å². The molecule has 23 heavy (non-hydrogen) atoms. The molecule has 1 amide bonds. The maximum atomic E-state index is 13.7. The van der Waals surface area contributed by atoms with Crippen LogP contribution in [0.2, 0.25) is 0 Å². The number of anilines is 1. The Morgan fingerprint density at radius 2 is 2.00 bits per heavy atom. The lowest BCUT2D eigenvalue weighted by Crippen LogP contribution is -3.08. The Hall–Kier alpha value is -2.40. The van der Waals surface area contributed by atoms with Crippen LogP contribution in [0.25, 0.3) is 0 Å². The number of carbonyl (C=O) groups excluding carboxylic acids is 1. The minimum Gasteiger partial charge on any atom is -0.494 e. The number of nitrogens with one attached hydrogen (secondary N) is 2. The summed E-state index contributed by atoms with van der Waals surface area (Å²) in [4.78, 5) is 13.1. The number of halogens is 1. The molecule has 0 radical (unpaired) electrons. The van der Waals surface area contributed by atoms with Gasteiger partial charge in [0.15, 0.2) is 18.1 Å². The quantitative estimate of drug-likeness (QED) is 0.853. The molecule has 5 heteroatoms. The number of quaternary nitrogens is 1. The van der Waals surface area contributed by atoms with E-state index in [0.29, 0.717) is 13.1 Å². The number of ether oxygens (including phenoxy) is 1. The van der Waals surface area contributed by atoms with E-state index in [4.69, 9.17) is 4.74 Å². The molecule has 0 aliphatic carbocycles. The minimum absolute atomic E-state index is 0.0641. The summed E-state index contributed by atoms with van der Waals surface area (Å²) >= 11 is 0. The van der Waals surface area contributed by atoms with Gasteiger partial charge < -0.3 is 15.0 Å². The lowest BCUT2D eigenvalue weighted by molar-refractivity contribution is -0.885. The molecule has 0 aliphatic heterocycles. The van der Waals surface area contributed by atoms with E-state index in [1.807, 2.05) is 44.3 Å². The van der Waals surface area contributed by atoms with Crippen molar-refractivity contribution in [3.05, 3.63) is 59.4 Å². The van der Waals surface area contributed by atoms with Gasteiger partial charge in [-0.25, -0.2) is 4.39 Å². The smallest absolute Gasteiger partial charge is 0.279 e. The van der Waals surface area contributed by atoms with E-state index < -0.39 is 0 Å². The number of hydrogen-bond donors (Lipinski definition) is 2. The summed E-state index contributed by atoms with van der Waals surface area (Å²) < 4.78 is 18.6. The SMILES string of the molecule is COc1ccc(C[NH+](C)CC(=O)Nc2ccccc2C)cc1F. The second kappa shape index (κ2) is 7.74. The van der Waals surface area contributed by atoms with Crippen LogP contribution >= 0.6 is 0 Å². The van der Waals surface area contributed by atoms with Crippen LogP contribution in [-0.4, -0.2) is 26.6 Å². The molecule has 4 nitrogen and oxygen atoms in total. The van der Waals surface area contributed by atoms with Gasteiger partial charge in [-0.15, -0.1) is 0 Å². The molecule has 0 bridgehead atoms. The number of aryl methyl sites for hydroxylation is 1. The summed E-state index contributed by atoms with van der Waals surface area (Å²) in [6, 6.07) is 12.5.